The number of unbranched alkanes of at least 4 members (excludes halogenated alkanes) is 9. The van der Waals surface area contributed by atoms with Crippen LogP contribution in [-0.4, -0.2) is 74.2 Å². The third-order valence-electron chi connectivity index (χ3n) is 5.12. The lowest BCUT2D eigenvalue weighted by molar-refractivity contribution is -0.222. The number of nitrogens with zero attached hydrogens (tertiary/aromatic N) is 1. The highest BCUT2D eigenvalue weighted by atomic mass is 16.4. The summed E-state index contributed by atoms with van der Waals surface area (Å²) in [5.41, 5.74) is 0. The van der Waals surface area contributed by atoms with Crippen molar-refractivity contribution in [2.75, 3.05) is 13.2 Å². The van der Waals surface area contributed by atoms with Gasteiger partial charge in [0.2, 0.25) is 0 Å². The van der Waals surface area contributed by atoms with Gasteiger partial charge < -0.3 is 25.5 Å². The molecular weight excluding hydrogens is 310 g/mol. The van der Waals surface area contributed by atoms with Crippen LogP contribution in [0.4, 0.5) is 0 Å². The largest absolute Gasteiger partial charge is 0.395 e. The van der Waals surface area contributed by atoms with Crippen molar-refractivity contribution in [3.05, 3.63) is 0 Å². The molecule has 1 unspecified atom stereocenters. The van der Waals surface area contributed by atoms with Crippen molar-refractivity contribution in [3.8, 4) is 0 Å². The monoisotopic (exact) mass is 347 g/mol. The topological polar surface area (TPSA) is 104 Å². The van der Waals surface area contributed by atoms with Gasteiger partial charge in [0.1, 0.15) is 24.5 Å². The fourth-order valence-corrected chi connectivity index (χ4v) is 3.49. The highest BCUT2D eigenvalue weighted by Crippen LogP contribution is 2.24. The van der Waals surface area contributed by atoms with Crippen LogP contribution in [0.5, 0.6) is 0 Å². The Labute approximate surface area is 146 Å². The molecule has 6 heteroatoms. The van der Waals surface area contributed by atoms with Crippen molar-refractivity contribution >= 4 is 0 Å². The third-order valence-corrected chi connectivity index (χ3v) is 5.12. The van der Waals surface area contributed by atoms with Crippen molar-refractivity contribution in [2.45, 2.75) is 102 Å². The van der Waals surface area contributed by atoms with E-state index in [1.54, 1.807) is 0 Å². The smallest absolute Gasteiger partial charge is 0.136 e. The molecule has 6 nitrogen and oxygen atoms in total. The molecule has 1 heterocycles. The summed E-state index contributed by atoms with van der Waals surface area (Å²) < 4.78 is 0. The fourth-order valence-electron chi connectivity index (χ4n) is 3.49. The predicted molar refractivity (Wildman–Crippen MR) is 93.5 cm³/mol. The second-order valence-corrected chi connectivity index (χ2v) is 7.06. The first kappa shape index (κ1) is 21.8. The van der Waals surface area contributed by atoms with Crippen LogP contribution in [0.3, 0.4) is 0 Å². The number of piperidine rings is 1. The van der Waals surface area contributed by atoms with E-state index >= 15 is 0 Å². The quantitative estimate of drug-likeness (QED) is 0.337. The van der Waals surface area contributed by atoms with Gasteiger partial charge in [-0.1, -0.05) is 64.7 Å². The minimum absolute atomic E-state index is 0.361. The Morgan fingerprint density at radius 3 is 1.67 bits per heavy atom. The number of aliphatic hydroxyl groups is 5. The molecule has 1 saturated heterocycles. The molecule has 5 N–H and O–H groups in total. The first-order valence-electron chi connectivity index (χ1n) is 9.63. The average Bonchev–Trinajstić information content (AvgIpc) is 2.59. The first-order valence-corrected chi connectivity index (χ1v) is 9.63. The Bertz CT molecular complexity index is 318. The summed E-state index contributed by atoms with van der Waals surface area (Å²) >= 11 is 0. The normalized spacial score (nSPS) is 31.5. The standard InChI is InChI=1S/C18H37NO5/c1-2-3-4-5-6-7-8-9-10-11-12-19-14(13-20)15(21)16(22)17(23)18(19)24/h14-18,20-24H,2-13H2,1H3/t14-,15-,16+,17-,18?/m1/s1. The Kier molecular flexibility index (Phi) is 11.1. The fraction of sp³-hybridized carbons (Fsp3) is 1.00. The minimum Gasteiger partial charge on any atom is -0.395 e. The summed E-state index contributed by atoms with van der Waals surface area (Å²) in [6.07, 6.45) is 6.68. The van der Waals surface area contributed by atoms with Gasteiger partial charge in [-0.3, -0.25) is 4.90 Å². The van der Waals surface area contributed by atoms with Crippen molar-refractivity contribution in [1.82, 2.24) is 4.90 Å². The Morgan fingerprint density at radius 2 is 1.17 bits per heavy atom. The summed E-state index contributed by atoms with van der Waals surface area (Å²) in [7, 11) is 0. The number of aliphatic hydroxyl groups excluding tert-OH is 5. The number of hydrogen-bond donors (Lipinski definition) is 5. The summed E-state index contributed by atoms with van der Waals surface area (Å²) in [5, 5.41) is 48.9. The molecule has 0 saturated carbocycles. The lowest BCUT2D eigenvalue weighted by atomic mass is 9.92. The Hall–Kier alpha value is -0.240. The molecule has 0 aliphatic carbocycles. The molecule has 0 bridgehead atoms. The maximum atomic E-state index is 10.1. The summed E-state index contributed by atoms with van der Waals surface area (Å²) in [6.45, 7) is 2.35. The van der Waals surface area contributed by atoms with Crippen LogP contribution in [0.15, 0.2) is 0 Å². The van der Waals surface area contributed by atoms with E-state index in [0.717, 1.165) is 19.3 Å². The van der Waals surface area contributed by atoms with Gasteiger partial charge >= 0.3 is 0 Å². The molecule has 0 amide bonds. The van der Waals surface area contributed by atoms with E-state index in [1.807, 2.05) is 0 Å². The van der Waals surface area contributed by atoms with Crippen LogP contribution in [0.1, 0.15) is 71.1 Å². The van der Waals surface area contributed by atoms with Gasteiger partial charge in [-0.2, -0.15) is 0 Å². The van der Waals surface area contributed by atoms with Gasteiger partial charge in [-0.05, 0) is 6.42 Å². The zero-order chi connectivity index (χ0) is 17.9. The van der Waals surface area contributed by atoms with Gasteiger partial charge in [-0.25, -0.2) is 0 Å². The lowest BCUT2D eigenvalue weighted by Gasteiger charge is -2.46. The van der Waals surface area contributed by atoms with E-state index < -0.39 is 30.6 Å². The highest BCUT2D eigenvalue weighted by Gasteiger charge is 2.46. The van der Waals surface area contributed by atoms with Crippen LogP contribution < -0.4 is 0 Å². The van der Waals surface area contributed by atoms with E-state index in [-0.39, 0.29) is 6.61 Å². The van der Waals surface area contributed by atoms with Crippen molar-refractivity contribution in [1.29, 1.82) is 0 Å². The van der Waals surface area contributed by atoms with Crippen LogP contribution >= 0.6 is 0 Å². The van der Waals surface area contributed by atoms with Crippen LogP contribution in [0.25, 0.3) is 0 Å². The first-order chi connectivity index (χ1) is 11.5. The SMILES string of the molecule is CCCCCCCCCCCCN1C(O)[C@H](O)[C@@H](O)[C@H](O)[C@H]1CO. The predicted octanol–water partition coefficient (Wildman–Crippen LogP) is 0.985. The van der Waals surface area contributed by atoms with E-state index in [4.69, 9.17) is 0 Å². The van der Waals surface area contributed by atoms with Crippen LogP contribution in [0.2, 0.25) is 0 Å². The maximum absolute atomic E-state index is 10.1. The molecule has 1 fully saturated rings. The van der Waals surface area contributed by atoms with Gasteiger partial charge in [-0.15, -0.1) is 0 Å². The molecule has 0 aromatic carbocycles. The van der Waals surface area contributed by atoms with Crippen molar-refractivity contribution in [3.63, 3.8) is 0 Å². The van der Waals surface area contributed by atoms with Gasteiger partial charge in [0.15, 0.2) is 0 Å². The molecule has 144 valence electrons. The van der Waals surface area contributed by atoms with Gasteiger partial charge in [0.25, 0.3) is 0 Å². The summed E-state index contributed by atoms with van der Waals surface area (Å²) in [4.78, 5) is 1.51. The zero-order valence-electron chi connectivity index (χ0n) is 15.1. The van der Waals surface area contributed by atoms with E-state index in [2.05, 4.69) is 6.92 Å². The molecule has 0 radical (unpaired) electrons. The second kappa shape index (κ2) is 12.2. The van der Waals surface area contributed by atoms with E-state index in [0.29, 0.717) is 6.54 Å². The molecule has 1 rings (SSSR count). The van der Waals surface area contributed by atoms with Crippen LogP contribution in [0, 0.1) is 0 Å². The van der Waals surface area contributed by atoms with E-state index in [9.17, 15) is 25.5 Å². The Morgan fingerprint density at radius 1 is 0.667 bits per heavy atom. The van der Waals surface area contributed by atoms with Crippen molar-refractivity contribution in [2.24, 2.45) is 0 Å². The Balaban J connectivity index is 2.18. The molecule has 1 aliphatic heterocycles. The highest BCUT2D eigenvalue weighted by molar-refractivity contribution is 4.96. The second-order valence-electron chi connectivity index (χ2n) is 7.06. The van der Waals surface area contributed by atoms with Crippen molar-refractivity contribution < 1.29 is 25.5 Å². The number of likely N-dealkylation sites (tertiary alicyclic amines) is 1. The molecule has 0 aromatic heterocycles. The average molecular weight is 347 g/mol. The minimum atomic E-state index is -1.43. The molecule has 0 spiro atoms. The molecular formula is C18H37NO5. The number of hydrogen-bond acceptors (Lipinski definition) is 6. The molecule has 5 atom stereocenters. The molecule has 24 heavy (non-hydrogen) atoms. The lowest BCUT2D eigenvalue weighted by Crippen LogP contribution is -2.67. The molecule has 0 aromatic rings. The van der Waals surface area contributed by atoms with Crippen LogP contribution in [-0.2, 0) is 0 Å². The maximum Gasteiger partial charge on any atom is 0.136 e. The zero-order valence-corrected chi connectivity index (χ0v) is 15.1. The van der Waals surface area contributed by atoms with E-state index in [1.165, 1.54) is 49.8 Å². The third kappa shape index (κ3) is 6.58. The summed E-state index contributed by atoms with van der Waals surface area (Å²) in [6, 6.07) is -0.739. The van der Waals surface area contributed by atoms with Gasteiger partial charge in [0.05, 0.1) is 12.6 Å². The summed E-state index contributed by atoms with van der Waals surface area (Å²) in [5.74, 6) is 0. The molecule has 1 aliphatic rings. The van der Waals surface area contributed by atoms with Gasteiger partial charge in [0, 0.05) is 6.54 Å². The number of rotatable bonds is 12.